The number of nitrogens with zero attached hydrogens (tertiary/aromatic N) is 2. The Balaban J connectivity index is 1.48. The summed E-state index contributed by atoms with van der Waals surface area (Å²) >= 11 is 0. The van der Waals surface area contributed by atoms with Crippen LogP contribution >= 0.6 is 0 Å². The summed E-state index contributed by atoms with van der Waals surface area (Å²) in [6, 6.07) is 25.9. The summed E-state index contributed by atoms with van der Waals surface area (Å²) in [4.78, 5) is 43.0. The van der Waals surface area contributed by atoms with E-state index in [0.717, 1.165) is 44.3 Å². The maximum absolute atomic E-state index is 13.1. The smallest absolute Gasteiger partial charge is 0.311 e. The molecule has 0 fully saturated rings. The number of rotatable bonds is 9. The van der Waals surface area contributed by atoms with Crippen molar-refractivity contribution in [2.75, 3.05) is 7.11 Å². The number of aryl methyl sites for hydroxylation is 1. The van der Waals surface area contributed by atoms with Crippen LogP contribution in [-0.2, 0) is 38.7 Å². The number of amides is 2. The molecule has 0 spiro atoms. The van der Waals surface area contributed by atoms with Crippen molar-refractivity contribution < 1.29 is 23.9 Å². The Bertz CT molecular complexity index is 1970. The van der Waals surface area contributed by atoms with Gasteiger partial charge in [0.25, 0.3) is 11.8 Å². The summed E-state index contributed by atoms with van der Waals surface area (Å²) in [7, 11) is 1.37. The zero-order valence-corrected chi connectivity index (χ0v) is 25.1. The summed E-state index contributed by atoms with van der Waals surface area (Å²) < 4.78 is 13.5. The van der Waals surface area contributed by atoms with Crippen molar-refractivity contribution in [2.24, 2.45) is 5.41 Å². The van der Waals surface area contributed by atoms with Crippen LogP contribution in [0.4, 0.5) is 0 Å². The van der Waals surface area contributed by atoms with Gasteiger partial charge in [0.1, 0.15) is 12.4 Å². The number of aromatic nitrogens is 2. The van der Waals surface area contributed by atoms with Crippen LogP contribution in [0.15, 0.2) is 84.9 Å². The highest BCUT2D eigenvalue weighted by Gasteiger charge is 2.35. The zero-order chi connectivity index (χ0) is 31.0. The van der Waals surface area contributed by atoms with Crippen molar-refractivity contribution in [3.05, 3.63) is 113 Å². The highest BCUT2D eigenvalue weighted by molar-refractivity contribution is 6.35. The number of pyridine rings is 1. The lowest BCUT2D eigenvalue weighted by Gasteiger charge is -2.24. The summed E-state index contributed by atoms with van der Waals surface area (Å²) in [5.41, 5.74) is 5.41. The molecule has 0 radical (unpaired) electrons. The monoisotopic (exact) mass is 587 g/mol. The minimum atomic E-state index is -0.913. The van der Waals surface area contributed by atoms with Gasteiger partial charge in [-0.05, 0) is 56.7 Å². The predicted octanol–water partition coefficient (Wildman–Crippen LogP) is 5.91. The van der Waals surface area contributed by atoms with Crippen molar-refractivity contribution in [2.45, 2.75) is 40.3 Å². The van der Waals surface area contributed by atoms with Gasteiger partial charge in [-0.2, -0.15) is 0 Å². The van der Waals surface area contributed by atoms with E-state index in [9.17, 15) is 14.4 Å². The van der Waals surface area contributed by atoms with Gasteiger partial charge < -0.3 is 14.0 Å². The molecular formula is C36H33N3O5. The fourth-order valence-electron chi connectivity index (χ4n) is 5.73. The minimum Gasteiger partial charge on any atom is -0.487 e. The van der Waals surface area contributed by atoms with E-state index in [-0.39, 0.29) is 24.6 Å². The van der Waals surface area contributed by atoms with Gasteiger partial charge in [-0.3, -0.25) is 19.7 Å². The van der Waals surface area contributed by atoms with Crippen LogP contribution < -0.4 is 10.1 Å². The van der Waals surface area contributed by atoms with E-state index >= 15 is 0 Å². The second-order valence-electron chi connectivity index (χ2n) is 11.8. The van der Waals surface area contributed by atoms with Crippen molar-refractivity contribution in [3.8, 4) is 5.75 Å². The van der Waals surface area contributed by atoms with Gasteiger partial charge in [0, 0.05) is 46.6 Å². The zero-order valence-electron chi connectivity index (χ0n) is 25.1. The quantitative estimate of drug-likeness (QED) is 0.170. The Morgan fingerprint density at radius 1 is 0.977 bits per heavy atom. The number of para-hydroxylation sites is 1. The van der Waals surface area contributed by atoms with Crippen LogP contribution in [0.3, 0.4) is 0 Å². The van der Waals surface area contributed by atoms with Crippen molar-refractivity contribution in [1.82, 2.24) is 14.9 Å². The molecule has 3 aromatic carbocycles. The van der Waals surface area contributed by atoms with E-state index in [0.29, 0.717) is 17.9 Å². The maximum atomic E-state index is 13.1. The Morgan fingerprint density at radius 2 is 1.75 bits per heavy atom. The number of carbonyl (C=O) groups excluding carboxylic acids is 3. The van der Waals surface area contributed by atoms with Crippen LogP contribution in [0.2, 0.25) is 0 Å². The van der Waals surface area contributed by atoms with Crippen LogP contribution in [0.25, 0.3) is 27.4 Å². The lowest BCUT2D eigenvalue weighted by Crippen LogP contribution is -2.30. The summed E-state index contributed by atoms with van der Waals surface area (Å²) in [6.45, 7) is 6.41. The molecule has 1 aliphatic heterocycles. The first kappa shape index (κ1) is 28.9. The largest absolute Gasteiger partial charge is 0.487 e. The van der Waals surface area contributed by atoms with Gasteiger partial charge in [-0.15, -0.1) is 0 Å². The molecule has 0 saturated heterocycles. The average molecular weight is 588 g/mol. The summed E-state index contributed by atoms with van der Waals surface area (Å²) in [6.07, 6.45) is 1.60. The van der Waals surface area contributed by atoms with E-state index in [1.165, 1.54) is 13.2 Å². The number of methoxy groups -OCH3 is 1. The topological polar surface area (TPSA) is 99.5 Å². The molecule has 1 aliphatic rings. The maximum Gasteiger partial charge on any atom is 0.311 e. The Labute approximate surface area is 255 Å². The van der Waals surface area contributed by atoms with Gasteiger partial charge >= 0.3 is 5.97 Å². The summed E-state index contributed by atoms with van der Waals surface area (Å²) in [5.74, 6) is -0.737. The third kappa shape index (κ3) is 5.58. The third-order valence-electron chi connectivity index (χ3n) is 8.02. The van der Waals surface area contributed by atoms with Crippen LogP contribution in [-0.4, -0.2) is 34.4 Å². The number of esters is 1. The number of carbonyl (C=O) groups is 3. The standard InChI is InChI=1S/C36H33N3O5/c1-22-9-11-23(12-10-22)20-39-30-16-15-26(44-21-25-14-13-24-7-5-6-8-29(24)37-25)17-27(30)33(28-18-32(40)38-34(28)41)31(39)19-36(2,3)35(42)43-4/h5-18H,19-21H2,1-4H3,(H,38,40,41). The fourth-order valence-corrected chi connectivity index (χ4v) is 5.73. The molecule has 8 nitrogen and oxygen atoms in total. The normalized spacial score (nSPS) is 13.3. The number of imide groups is 1. The minimum absolute atomic E-state index is 0.250. The fraction of sp³-hybridized carbons (Fsp3) is 0.222. The van der Waals surface area contributed by atoms with Gasteiger partial charge in [0.15, 0.2) is 0 Å². The molecule has 222 valence electrons. The van der Waals surface area contributed by atoms with E-state index in [4.69, 9.17) is 14.5 Å². The second kappa shape index (κ2) is 11.4. The van der Waals surface area contributed by atoms with E-state index in [2.05, 4.69) is 34.1 Å². The molecule has 44 heavy (non-hydrogen) atoms. The molecule has 2 aromatic heterocycles. The average Bonchev–Trinajstić information content (AvgIpc) is 3.50. The van der Waals surface area contributed by atoms with Crippen LogP contribution in [0.1, 0.15) is 41.9 Å². The van der Waals surface area contributed by atoms with Crippen molar-refractivity contribution in [1.29, 1.82) is 0 Å². The molecule has 0 saturated carbocycles. The second-order valence-corrected chi connectivity index (χ2v) is 11.8. The van der Waals surface area contributed by atoms with Gasteiger partial charge in [-0.25, -0.2) is 4.98 Å². The highest BCUT2D eigenvalue weighted by atomic mass is 16.5. The molecule has 2 amide bonds. The van der Waals surface area contributed by atoms with Crippen LogP contribution in [0.5, 0.6) is 5.75 Å². The molecule has 1 N–H and O–H groups in total. The SMILES string of the molecule is COC(=O)C(C)(C)Cc1c(C2=CC(=O)NC2=O)c2cc(OCc3ccc4ccccc4n3)ccc2n1Cc1ccc(C)cc1. The molecule has 0 atom stereocenters. The molecule has 0 aliphatic carbocycles. The molecule has 3 heterocycles. The van der Waals surface area contributed by atoms with Gasteiger partial charge in [0.2, 0.25) is 0 Å². The number of hydrogen-bond donors (Lipinski definition) is 1. The number of hydrogen-bond acceptors (Lipinski definition) is 6. The van der Waals surface area contributed by atoms with Gasteiger partial charge in [0.05, 0.1) is 29.3 Å². The Kier molecular flexibility index (Phi) is 7.51. The highest BCUT2D eigenvalue weighted by Crippen LogP contribution is 2.39. The van der Waals surface area contributed by atoms with E-state index in [1.807, 2.05) is 75.4 Å². The molecule has 8 heteroatoms. The first-order chi connectivity index (χ1) is 21.1. The lowest BCUT2D eigenvalue weighted by molar-refractivity contribution is -0.150. The first-order valence-corrected chi connectivity index (χ1v) is 14.5. The van der Waals surface area contributed by atoms with Gasteiger partial charge in [-0.1, -0.05) is 54.1 Å². The Hall–Kier alpha value is -5.24. The third-order valence-corrected chi connectivity index (χ3v) is 8.02. The number of benzene rings is 3. The van der Waals surface area contributed by atoms with E-state index < -0.39 is 17.2 Å². The molecule has 6 rings (SSSR count). The number of nitrogens with one attached hydrogen (secondary N) is 1. The van der Waals surface area contributed by atoms with Crippen molar-refractivity contribution >= 4 is 45.2 Å². The Morgan fingerprint density at radius 3 is 2.48 bits per heavy atom. The lowest BCUT2D eigenvalue weighted by atomic mass is 9.85. The molecule has 0 unspecified atom stereocenters. The van der Waals surface area contributed by atoms with Crippen molar-refractivity contribution in [3.63, 3.8) is 0 Å². The molecule has 0 bridgehead atoms. The summed E-state index contributed by atoms with van der Waals surface area (Å²) in [5, 5.41) is 4.18. The number of ether oxygens (including phenoxy) is 2. The molecular weight excluding hydrogens is 554 g/mol. The van der Waals surface area contributed by atoms with Crippen LogP contribution in [0, 0.1) is 12.3 Å². The van der Waals surface area contributed by atoms with E-state index in [1.54, 1.807) is 0 Å². The first-order valence-electron chi connectivity index (χ1n) is 14.5. The predicted molar refractivity (Wildman–Crippen MR) is 169 cm³/mol. The number of fused-ring (bicyclic) bond motifs is 2. The molecule has 5 aromatic rings.